The molecule has 7 nitrogen and oxygen atoms in total. The summed E-state index contributed by atoms with van der Waals surface area (Å²) < 4.78 is 22.6. The molecule has 11 heteroatoms. The van der Waals surface area contributed by atoms with E-state index in [9.17, 15) is 9.59 Å². The third-order valence-electron chi connectivity index (χ3n) is 5.64. The van der Waals surface area contributed by atoms with Gasteiger partial charge in [-0.1, -0.05) is 65.5 Å². The van der Waals surface area contributed by atoms with Crippen molar-refractivity contribution in [3.05, 3.63) is 97.4 Å². The minimum Gasteiger partial charge on any atom is -0.435 e. The van der Waals surface area contributed by atoms with Gasteiger partial charge >= 0.3 is 11.9 Å². The van der Waals surface area contributed by atoms with Crippen molar-refractivity contribution in [1.82, 2.24) is 0 Å². The standard InChI is InChI=1S/C28H27Cl4NO6/c1-4-17-6-5-7-20(12-17)33(25(15-36-2)38-27(34)21-13-18(29)8-10-23(21)31)26(16-37-3)39-28(35)22-14-19(30)9-11-24(22)32/h5-14,25-26H,4,15-16H2,1-3H3. The van der Waals surface area contributed by atoms with Crippen molar-refractivity contribution in [3.8, 4) is 0 Å². The molecule has 0 aromatic heterocycles. The first-order valence-electron chi connectivity index (χ1n) is 11.9. The van der Waals surface area contributed by atoms with Gasteiger partial charge in [0.15, 0.2) is 0 Å². The van der Waals surface area contributed by atoms with Gasteiger partial charge in [-0.25, -0.2) is 9.59 Å². The monoisotopic (exact) mass is 613 g/mol. The van der Waals surface area contributed by atoms with Crippen molar-refractivity contribution in [2.45, 2.75) is 25.8 Å². The van der Waals surface area contributed by atoms with Crippen molar-refractivity contribution >= 4 is 64.0 Å². The fraction of sp³-hybridized carbons (Fsp3) is 0.286. The van der Waals surface area contributed by atoms with Gasteiger partial charge in [-0.15, -0.1) is 0 Å². The second-order valence-corrected chi connectivity index (χ2v) is 10.00. The van der Waals surface area contributed by atoms with Gasteiger partial charge in [-0.05, 0) is 60.5 Å². The van der Waals surface area contributed by atoms with Crippen molar-refractivity contribution < 1.29 is 28.5 Å². The normalized spacial score (nSPS) is 12.5. The van der Waals surface area contributed by atoms with Crippen molar-refractivity contribution in [1.29, 1.82) is 0 Å². The Labute approximate surface area is 247 Å². The number of hydrogen-bond acceptors (Lipinski definition) is 7. The molecule has 2 unspecified atom stereocenters. The van der Waals surface area contributed by atoms with Crippen LogP contribution in [0.4, 0.5) is 5.69 Å². The number of anilines is 1. The average molecular weight is 615 g/mol. The second kappa shape index (κ2) is 14.7. The van der Waals surface area contributed by atoms with E-state index in [1.165, 1.54) is 38.5 Å². The summed E-state index contributed by atoms with van der Waals surface area (Å²) in [5, 5.41) is 0.949. The summed E-state index contributed by atoms with van der Waals surface area (Å²) in [6, 6.07) is 16.4. The number of benzene rings is 3. The molecule has 39 heavy (non-hydrogen) atoms. The number of ether oxygens (including phenoxy) is 4. The lowest BCUT2D eigenvalue weighted by atomic mass is 10.1. The molecular formula is C28H27Cl4NO6. The molecule has 0 radical (unpaired) electrons. The van der Waals surface area contributed by atoms with Gasteiger partial charge < -0.3 is 18.9 Å². The summed E-state index contributed by atoms with van der Waals surface area (Å²) in [6.45, 7) is 1.83. The first-order valence-corrected chi connectivity index (χ1v) is 13.4. The maximum atomic E-state index is 13.2. The van der Waals surface area contributed by atoms with Gasteiger partial charge in [0.2, 0.25) is 12.5 Å². The Bertz CT molecular complexity index is 1230. The second-order valence-electron chi connectivity index (χ2n) is 8.31. The van der Waals surface area contributed by atoms with Gasteiger partial charge in [0.05, 0.1) is 21.2 Å². The number of aryl methyl sites for hydroxylation is 1. The van der Waals surface area contributed by atoms with Crippen LogP contribution < -0.4 is 4.90 Å². The smallest absolute Gasteiger partial charge is 0.341 e. The molecule has 3 aromatic carbocycles. The number of carbonyl (C=O) groups is 2. The van der Waals surface area contributed by atoms with E-state index in [-0.39, 0.29) is 34.4 Å². The Morgan fingerprint density at radius 1 is 0.744 bits per heavy atom. The maximum absolute atomic E-state index is 13.2. The summed E-state index contributed by atoms with van der Waals surface area (Å²) in [7, 11) is 2.91. The molecule has 0 amide bonds. The molecule has 0 bridgehead atoms. The largest absolute Gasteiger partial charge is 0.435 e. The molecule has 3 aromatic rings. The molecule has 0 saturated carbocycles. The highest BCUT2D eigenvalue weighted by Crippen LogP contribution is 2.28. The Hall–Kier alpha value is -2.52. The molecule has 0 aliphatic carbocycles. The summed E-state index contributed by atoms with van der Waals surface area (Å²) in [5.41, 5.74) is 1.73. The lowest BCUT2D eigenvalue weighted by Gasteiger charge is -2.38. The van der Waals surface area contributed by atoms with E-state index in [1.807, 2.05) is 25.1 Å². The van der Waals surface area contributed by atoms with Crippen molar-refractivity contribution in [2.75, 3.05) is 32.3 Å². The van der Waals surface area contributed by atoms with Crippen LogP contribution in [0.3, 0.4) is 0 Å². The predicted octanol–water partition coefficient (Wildman–Crippen LogP) is 7.33. The topological polar surface area (TPSA) is 74.3 Å². The summed E-state index contributed by atoms with van der Waals surface area (Å²) in [6.07, 6.45) is -1.42. The number of nitrogens with zero attached hydrogens (tertiary/aromatic N) is 1. The molecule has 208 valence electrons. The van der Waals surface area contributed by atoms with E-state index in [1.54, 1.807) is 23.1 Å². The summed E-state index contributed by atoms with van der Waals surface area (Å²) in [5.74, 6) is -1.50. The molecule has 0 aliphatic heterocycles. The molecule has 0 saturated heterocycles. The van der Waals surface area contributed by atoms with Crippen LogP contribution in [-0.4, -0.2) is 51.8 Å². The van der Waals surface area contributed by atoms with Gasteiger partial charge in [0.25, 0.3) is 0 Å². The van der Waals surface area contributed by atoms with E-state index in [2.05, 4.69) is 0 Å². The van der Waals surface area contributed by atoms with Crippen LogP contribution in [0.25, 0.3) is 0 Å². The number of rotatable bonds is 12. The third-order valence-corrected chi connectivity index (χ3v) is 6.77. The molecule has 2 atom stereocenters. The molecule has 0 heterocycles. The van der Waals surface area contributed by atoms with Crippen molar-refractivity contribution in [3.63, 3.8) is 0 Å². The Morgan fingerprint density at radius 3 is 1.67 bits per heavy atom. The Morgan fingerprint density at radius 2 is 1.23 bits per heavy atom. The number of methoxy groups -OCH3 is 2. The third kappa shape index (κ3) is 8.24. The van der Waals surface area contributed by atoms with E-state index < -0.39 is 24.4 Å². The van der Waals surface area contributed by atoms with Gasteiger partial charge in [0.1, 0.15) is 13.2 Å². The van der Waals surface area contributed by atoms with Gasteiger partial charge in [-0.3, -0.25) is 4.90 Å². The van der Waals surface area contributed by atoms with E-state index in [4.69, 9.17) is 65.4 Å². The summed E-state index contributed by atoms with van der Waals surface area (Å²) in [4.78, 5) is 28.1. The highest BCUT2D eigenvalue weighted by atomic mass is 35.5. The molecular weight excluding hydrogens is 588 g/mol. The molecule has 0 fully saturated rings. The van der Waals surface area contributed by atoms with Crippen LogP contribution >= 0.6 is 46.4 Å². The molecule has 0 spiro atoms. The zero-order chi connectivity index (χ0) is 28.5. The lowest BCUT2D eigenvalue weighted by molar-refractivity contribution is -0.0341. The molecule has 0 N–H and O–H groups in total. The molecule has 3 rings (SSSR count). The quantitative estimate of drug-likeness (QED) is 0.156. The highest BCUT2D eigenvalue weighted by molar-refractivity contribution is 6.36. The first-order chi connectivity index (χ1) is 18.7. The van der Waals surface area contributed by atoms with Crippen LogP contribution in [0.15, 0.2) is 60.7 Å². The minimum absolute atomic E-state index is 0.0681. The first kappa shape index (κ1) is 31.0. The predicted molar refractivity (Wildman–Crippen MR) is 153 cm³/mol. The van der Waals surface area contributed by atoms with Crippen LogP contribution in [0.5, 0.6) is 0 Å². The average Bonchev–Trinajstić information content (AvgIpc) is 2.91. The number of carbonyl (C=O) groups excluding carboxylic acids is 2. The van der Waals surface area contributed by atoms with Crippen LogP contribution in [0, 0.1) is 0 Å². The van der Waals surface area contributed by atoms with Crippen LogP contribution in [0.1, 0.15) is 33.2 Å². The SMILES string of the molecule is CCc1cccc(N(C(COC)OC(=O)c2cc(Cl)ccc2Cl)C(COC)OC(=O)c2cc(Cl)ccc2Cl)c1. The number of hydrogen-bond donors (Lipinski definition) is 0. The van der Waals surface area contributed by atoms with Crippen molar-refractivity contribution in [2.24, 2.45) is 0 Å². The zero-order valence-electron chi connectivity index (χ0n) is 21.5. The fourth-order valence-corrected chi connectivity index (χ4v) is 4.50. The van der Waals surface area contributed by atoms with Crippen LogP contribution in [-0.2, 0) is 25.4 Å². The summed E-state index contributed by atoms with van der Waals surface area (Å²) >= 11 is 24.7. The van der Waals surface area contributed by atoms with E-state index in [0.717, 1.165) is 12.0 Å². The van der Waals surface area contributed by atoms with Gasteiger partial charge in [0, 0.05) is 30.0 Å². The minimum atomic E-state index is -1.08. The number of esters is 2. The lowest BCUT2D eigenvalue weighted by Crippen LogP contribution is -2.52. The number of halogens is 4. The Balaban J connectivity index is 2.06. The fourth-order valence-electron chi connectivity index (χ4n) is 3.76. The zero-order valence-corrected chi connectivity index (χ0v) is 24.5. The van der Waals surface area contributed by atoms with Gasteiger partial charge in [-0.2, -0.15) is 0 Å². The Kier molecular flexibility index (Phi) is 11.7. The maximum Gasteiger partial charge on any atom is 0.341 e. The van der Waals surface area contributed by atoms with E-state index in [0.29, 0.717) is 15.7 Å². The highest BCUT2D eigenvalue weighted by Gasteiger charge is 2.34. The molecule has 0 aliphatic rings. The van der Waals surface area contributed by atoms with E-state index >= 15 is 0 Å². The van der Waals surface area contributed by atoms with Crippen LogP contribution in [0.2, 0.25) is 20.1 Å².